The molecular formula is C12H16N4OS. The van der Waals surface area contributed by atoms with E-state index in [-0.39, 0.29) is 11.3 Å². The quantitative estimate of drug-likeness (QED) is 0.833. The van der Waals surface area contributed by atoms with E-state index >= 15 is 0 Å². The lowest BCUT2D eigenvalue weighted by Crippen LogP contribution is -2.66. The zero-order chi connectivity index (χ0) is 12.8. The van der Waals surface area contributed by atoms with Crippen LogP contribution in [-0.2, 0) is 11.3 Å². The summed E-state index contributed by atoms with van der Waals surface area (Å²) in [4.78, 5) is 16.2. The van der Waals surface area contributed by atoms with Crippen molar-refractivity contribution < 1.29 is 4.79 Å². The normalized spacial score (nSPS) is 32.3. The van der Waals surface area contributed by atoms with Gasteiger partial charge in [0.05, 0.1) is 18.2 Å². The minimum absolute atomic E-state index is 0.0607. The number of nitrogens with zero attached hydrogens (tertiary/aromatic N) is 3. The van der Waals surface area contributed by atoms with Crippen LogP contribution in [0, 0.1) is 10.8 Å². The number of carbonyl (C=O) groups excluding carboxylic acids is 1. The lowest BCUT2D eigenvalue weighted by molar-refractivity contribution is -0.199. The summed E-state index contributed by atoms with van der Waals surface area (Å²) in [5.41, 5.74) is 1.10. The fourth-order valence-corrected chi connectivity index (χ4v) is 3.64. The number of nitrogens with one attached hydrogen (secondary N) is 1. The second-order valence-electron chi connectivity index (χ2n) is 5.74. The van der Waals surface area contributed by atoms with Crippen LogP contribution in [0.25, 0.3) is 0 Å². The second-order valence-corrected chi connectivity index (χ2v) is 6.51. The first-order valence-corrected chi connectivity index (χ1v) is 7.29. The summed E-state index contributed by atoms with van der Waals surface area (Å²) >= 11 is 1.45. The third-order valence-electron chi connectivity index (χ3n) is 3.98. The van der Waals surface area contributed by atoms with E-state index in [0.717, 1.165) is 19.3 Å². The van der Waals surface area contributed by atoms with Crippen molar-refractivity contribution in [3.63, 3.8) is 0 Å². The molecule has 0 unspecified atom stereocenters. The van der Waals surface area contributed by atoms with Gasteiger partial charge < -0.3 is 5.32 Å². The zero-order valence-electron chi connectivity index (χ0n) is 10.6. The molecule has 5 nitrogen and oxygen atoms in total. The molecule has 3 aliphatic carbocycles. The highest BCUT2D eigenvalue weighted by atomic mass is 32.2. The molecular weight excluding hydrogens is 248 g/mol. The van der Waals surface area contributed by atoms with Gasteiger partial charge in [0.1, 0.15) is 5.69 Å². The Hall–Kier alpha value is -1.17. The third kappa shape index (κ3) is 1.79. The van der Waals surface area contributed by atoms with Crippen LogP contribution in [0.15, 0.2) is 11.4 Å². The van der Waals surface area contributed by atoms with E-state index < -0.39 is 0 Å². The van der Waals surface area contributed by atoms with E-state index in [2.05, 4.69) is 27.4 Å². The summed E-state index contributed by atoms with van der Waals surface area (Å²) < 4.78 is 0. The minimum atomic E-state index is -0.0607. The molecule has 0 aliphatic heterocycles. The molecule has 2 bridgehead atoms. The first kappa shape index (κ1) is 11.9. The molecule has 1 heterocycles. The average Bonchev–Trinajstić information content (AvgIpc) is 2.31. The van der Waals surface area contributed by atoms with Gasteiger partial charge in [-0.3, -0.25) is 4.79 Å². The zero-order valence-corrected chi connectivity index (χ0v) is 11.4. The Bertz CT molecular complexity index is 468. The van der Waals surface area contributed by atoms with Crippen molar-refractivity contribution >= 4 is 17.7 Å². The van der Waals surface area contributed by atoms with Crippen LogP contribution in [0.2, 0.25) is 0 Å². The maximum atomic E-state index is 12.0. The summed E-state index contributed by atoms with van der Waals surface area (Å²) in [7, 11) is 0. The average molecular weight is 264 g/mol. The molecule has 1 aromatic rings. The highest BCUT2D eigenvalue weighted by Gasteiger charge is 2.68. The van der Waals surface area contributed by atoms with E-state index in [1.807, 2.05) is 6.26 Å². The van der Waals surface area contributed by atoms with Crippen LogP contribution >= 0.6 is 11.8 Å². The monoisotopic (exact) mass is 264 g/mol. The molecule has 0 atom stereocenters. The number of aromatic nitrogens is 3. The molecule has 18 heavy (non-hydrogen) atoms. The molecule has 3 fully saturated rings. The molecule has 0 aromatic carbocycles. The molecule has 0 saturated heterocycles. The van der Waals surface area contributed by atoms with Crippen molar-refractivity contribution in [2.45, 2.75) is 37.9 Å². The molecule has 0 radical (unpaired) electrons. The topological polar surface area (TPSA) is 67.8 Å². The Morgan fingerprint density at radius 1 is 1.44 bits per heavy atom. The van der Waals surface area contributed by atoms with E-state index in [4.69, 9.17) is 0 Å². The lowest BCUT2D eigenvalue weighted by atomic mass is 9.35. The van der Waals surface area contributed by atoms with Crippen molar-refractivity contribution in [3.8, 4) is 0 Å². The van der Waals surface area contributed by atoms with Gasteiger partial charge in [0.15, 0.2) is 0 Å². The first-order valence-electron chi connectivity index (χ1n) is 6.06. The van der Waals surface area contributed by atoms with Crippen LogP contribution in [0.4, 0.5) is 0 Å². The summed E-state index contributed by atoms with van der Waals surface area (Å²) in [5, 5.41) is 11.6. The van der Waals surface area contributed by atoms with Crippen molar-refractivity contribution in [2.75, 3.05) is 6.26 Å². The number of rotatable bonds is 4. The van der Waals surface area contributed by atoms with Crippen LogP contribution in [0.5, 0.6) is 0 Å². The minimum Gasteiger partial charge on any atom is -0.350 e. The van der Waals surface area contributed by atoms with Gasteiger partial charge in [0.2, 0.25) is 11.1 Å². The molecule has 6 heteroatoms. The lowest BCUT2D eigenvalue weighted by Gasteiger charge is -2.68. The second kappa shape index (κ2) is 3.91. The molecule has 0 spiro atoms. The van der Waals surface area contributed by atoms with E-state index in [9.17, 15) is 4.79 Å². The Balaban J connectivity index is 1.53. The number of hydrogen-bond donors (Lipinski definition) is 1. The van der Waals surface area contributed by atoms with Crippen molar-refractivity contribution in [1.29, 1.82) is 0 Å². The van der Waals surface area contributed by atoms with Gasteiger partial charge in [-0.1, -0.05) is 18.7 Å². The molecule has 4 rings (SSSR count). The SMILES string of the molecule is CSc1ncc(CNC(=O)C23CC(C)(C2)C3)nn1. The molecule has 96 valence electrons. The summed E-state index contributed by atoms with van der Waals surface area (Å²) in [6.45, 7) is 2.67. The molecule has 1 amide bonds. The highest BCUT2D eigenvalue weighted by molar-refractivity contribution is 7.98. The Kier molecular flexibility index (Phi) is 2.59. The maximum Gasteiger partial charge on any atom is 0.226 e. The summed E-state index contributed by atoms with van der Waals surface area (Å²) in [6, 6.07) is 0. The first-order chi connectivity index (χ1) is 8.55. The van der Waals surface area contributed by atoms with Crippen molar-refractivity contribution in [3.05, 3.63) is 11.9 Å². The maximum absolute atomic E-state index is 12.0. The predicted molar refractivity (Wildman–Crippen MR) is 67.8 cm³/mol. The van der Waals surface area contributed by atoms with E-state index in [0.29, 0.717) is 22.8 Å². The molecule has 1 aromatic heterocycles. The number of hydrogen-bond acceptors (Lipinski definition) is 5. The smallest absolute Gasteiger partial charge is 0.226 e. The predicted octanol–water partition coefficient (Wildman–Crippen LogP) is 1.40. The highest BCUT2D eigenvalue weighted by Crippen LogP contribution is 2.73. The Labute approximate surface area is 110 Å². The van der Waals surface area contributed by atoms with Gasteiger partial charge in [-0.05, 0) is 30.9 Å². The largest absolute Gasteiger partial charge is 0.350 e. The number of carbonyl (C=O) groups is 1. The van der Waals surface area contributed by atoms with Crippen molar-refractivity contribution in [1.82, 2.24) is 20.5 Å². The van der Waals surface area contributed by atoms with E-state index in [1.165, 1.54) is 11.8 Å². The molecule has 3 aliphatic rings. The van der Waals surface area contributed by atoms with Crippen molar-refractivity contribution in [2.24, 2.45) is 10.8 Å². The van der Waals surface area contributed by atoms with Gasteiger partial charge in [-0.25, -0.2) is 4.98 Å². The fraction of sp³-hybridized carbons (Fsp3) is 0.667. The van der Waals surface area contributed by atoms with Crippen LogP contribution in [0.1, 0.15) is 31.9 Å². The van der Waals surface area contributed by atoms with Crippen LogP contribution < -0.4 is 5.32 Å². The van der Waals surface area contributed by atoms with Crippen LogP contribution in [0.3, 0.4) is 0 Å². The third-order valence-corrected chi connectivity index (χ3v) is 4.53. The van der Waals surface area contributed by atoms with Gasteiger partial charge in [0, 0.05) is 0 Å². The van der Waals surface area contributed by atoms with Gasteiger partial charge in [-0.2, -0.15) is 0 Å². The Morgan fingerprint density at radius 2 is 2.17 bits per heavy atom. The Morgan fingerprint density at radius 3 is 2.67 bits per heavy atom. The number of thioether (sulfide) groups is 1. The molecule has 3 saturated carbocycles. The number of amides is 1. The van der Waals surface area contributed by atoms with Gasteiger partial charge >= 0.3 is 0 Å². The standard InChI is InChI=1S/C12H16N4OS/c1-11-5-12(6-11,7-11)9(17)13-3-8-4-14-10(18-2)16-15-8/h4H,3,5-7H2,1-2H3,(H,13,17). The molecule has 1 N–H and O–H groups in total. The van der Waals surface area contributed by atoms with E-state index in [1.54, 1.807) is 6.20 Å². The van der Waals surface area contributed by atoms with Gasteiger partial charge in [-0.15, -0.1) is 10.2 Å². The van der Waals surface area contributed by atoms with Gasteiger partial charge in [0.25, 0.3) is 0 Å². The summed E-state index contributed by atoms with van der Waals surface area (Å²) in [6.07, 6.45) is 6.70. The fourth-order valence-electron chi connectivity index (χ4n) is 3.36. The summed E-state index contributed by atoms with van der Waals surface area (Å²) in [5.74, 6) is 0.168. The van der Waals surface area contributed by atoms with Crippen LogP contribution in [-0.4, -0.2) is 27.3 Å².